The van der Waals surface area contributed by atoms with Crippen LogP contribution in [-0.4, -0.2) is 17.7 Å². The summed E-state index contributed by atoms with van der Waals surface area (Å²) in [5.41, 5.74) is 6.49. The number of allylic oxidation sites excluding steroid dienone is 1. The predicted octanol–water partition coefficient (Wildman–Crippen LogP) is 10.6. The van der Waals surface area contributed by atoms with Crippen molar-refractivity contribution < 1.29 is 18.6 Å². The quantitative estimate of drug-likeness (QED) is 0.132. The summed E-state index contributed by atoms with van der Waals surface area (Å²) in [5, 5.41) is 0. The second-order valence-electron chi connectivity index (χ2n) is 13.3. The Morgan fingerprint density at radius 3 is 2.16 bits per heavy atom. The van der Waals surface area contributed by atoms with Gasteiger partial charge in [0.1, 0.15) is 24.7 Å². The zero-order chi connectivity index (χ0) is 34.3. The number of halogens is 1. The summed E-state index contributed by atoms with van der Waals surface area (Å²) < 4.78 is 34.1. The first-order valence-corrected chi connectivity index (χ1v) is 17.7. The minimum atomic E-state index is -0.358. The van der Waals surface area contributed by atoms with Gasteiger partial charge in [-0.3, -0.25) is 0 Å². The molecule has 5 aromatic carbocycles. The van der Waals surface area contributed by atoms with Gasteiger partial charge in [-0.05, 0) is 103 Å². The summed E-state index contributed by atoms with van der Waals surface area (Å²) in [6, 6.07) is 40.1. The van der Waals surface area contributed by atoms with E-state index in [4.69, 9.17) is 14.2 Å². The largest absolute Gasteiger partial charge is 0.489 e. The van der Waals surface area contributed by atoms with Gasteiger partial charge in [0, 0.05) is 24.7 Å². The second-order valence-corrected chi connectivity index (χ2v) is 13.3. The molecule has 50 heavy (non-hydrogen) atoms. The van der Waals surface area contributed by atoms with Crippen molar-refractivity contribution in [2.45, 2.75) is 71.1 Å². The van der Waals surface area contributed by atoms with Crippen molar-refractivity contribution in [3.63, 3.8) is 0 Å². The van der Waals surface area contributed by atoms with Gasteiger partial charge in [-0.25, -0.2) is 4.39 Å². The Morgan fingerprint density at radius 2 is 1.44 bits per heavy atom. The van der Waals surface area contributed by atoms with E-state index in [1.807, 2.05) is 60.7 Å². The first kappa shape index (κ1) is 33.3. The van der Waals surface area contributed by atoms with Crippen molar-refractivity contribution in [3.05, 3.63) is 167 Å². The van der Waals surface area contributed by atoms with E-state index in [0.29, 0.717) is 19.8 Å². The summed E-state index contributed by atoms with van der Waals surface area (Å²) in [5.74, 6) is 1.66. The van der Waals surface area contributed by atoms with Gasteiger partial charge in [-0.2, -0.15) is 0 Å². The van der Waals surface area contributed by atoms with E-state index in [2.05, 4.69) is 84.5 Å². The van der Waals surface area contributed by atoms with E-state index >= 15 is 4.39 Å². The van der Waals surface area contributed by atoms with Crippen LogP contribution >= 0.6 is 0 Å². The van der Waals surface area contributed by atoms with E-state index in [9.17, 15) is 0 Å². The molecule has 0 N–H and O–H groups in total. The lowest BCUT2D eigenvalue weighted by molar-refractivity contribution is 0.0778. The molecule has 256 valence electrons. The van der Waals surface area contributed by atoms with Gasteiger partial charge in [0.05, 0.1) is 6.04 Å². The van der Waals surface area contributed by atoms with Crippen LogP contribution in [0.2, 0.25) is 0 Å². The fraction of sp³-hybridized carbons (Fsp3) is 0.273. The molecule has 6 heteroatoms. The SMILES string of the molecule is CC1c2cc(OCc3ccccc3)ccc2N(Cc2ccc(OC(C)N3C=CCCCC3)cc2)C1c1ccc(OCc2ccccc2)c(F)c1. The molecule has 0 aliphatic carbocycles. The summed E-state index contributed by atoms with van der Waals surface area (Å²) in [4.78, 5) is 4.66. The molecule has 2 aliphatic heterocycles. The monoisotopic (exact) mass is 668 g/mol. The lowest BCUT2D eigenvalue weighted by atomic mass is 9.91. The molecule has 0 bridgehead atoms. The number of anilines is 1. The molecule has 0 saturated carbocycles. The Bertz CT molecular complexity index is 1880. The Labute approximate surface area is 295 Å². The van der Waals surface area contributed by atoms with Crippen molar-refractivity contribution >= 4 is 5.69 Å². The van der Waals surface area contributed by atoms with E-state index in [1.54, 1.807) is 12.1 Å². The van der Waals surface area contributed by atoms with Crippen LogP contribution in [0, 0.1) is 5.82 Å². The molecule has 3 atom stereocenters. The second kappa shape index (κ2) is 15.5. The normalized spacial score (nSPS) is 17.6. The number of nitrogens with zero attached hydrogens (tertiary/aromatic N) is 2. The number of hydrogen-bond acceptors (Lipinski definition) is 5. The van der Waals surface area contributed by atoms with Gasteiger partial charge >= 0.3 is 0 Å². The number of benzene rings is 5. The van der Waals surface area contributed by atoms with Crippen LogP contribution in [0.25, 0.3) is 0 Å². The maximum absolute atomic E-state index is 15.7. The van der Waals surface area contributed by atoms with Crippen molar-refractivity contribution in [2.24, 2.45) is 0 Å². The van der Waals surface area contributed by atoms with Gasteiger partial charge in [0.15, 0.2) is 17.8 Å². The van der Waals surface area contributed by atoms with Crippen molar-refractivity contribution in [1.82, 2.24) is 4.90 Å². The Kier molecular flexibility index (Phi) is 10.3. The molecule has 0 saturated heterocycles. The summed E-state index contributed by atoms with van der Waals surface area (Å²) in [6.45, 7) is 6.79. The van der Waals surface area contributed by atoms with Crippen molar-refractivity contribution in [2.75, 3.05) is 11.4 Å². The molecule has 0 spiro atoms. The third-order valence-corrected chi connectivity index (χ3v) is 9.78. The standard InChI is InChI=1S/C44H45FN2O3/c1-32-40-28-39(48-30-35-13-7-5-8-14-35)22-23-42(40)47(29-34-17-20-38(21-18-34)50-33(2)46-25-11-3-4-12-26-46)44(32)37-19-24-43(41(45)27-37)49-31-36-15-9-6-10-16-36/h5-11,13-25,27-28,32-33,44H,3-4,12,26,29-31H2,1-2H3. The molecule has 2 aliphatic rings. The molecule has 2 heterocycles. The average molecular weight is 669 g/mol. The number of ether oxygens (including phenoxy) is 3. The highest BCUT2D eigenvalue weighted by molar-refractivity contribution is 5.65. The summed E-state index contributed by atoms with van der Waals surface area (Å²) >= 11 is 0. The Hall–Kier alpha value is -5.23. The molecule has 7 rings (SSSR count). The Balaban J connectivity index is 1.12. The van der Waals surface area contributed by atoms with Crippen LogP contribution in [0.5, 0.6) is 17.2 Å². The molecule has 0 amide bonds. The third-order valence-electron chi connectivity index (χ3n) is 9.78. The molecule has 3 unspecified atom stereocenters. The lowest BCUT2D eigenvalue weighted by Crippen LogP contribution is -2.33. The van der Waals surface area contributed by atoms with Gasteiger partial charge < -0.3 is 24.0 Å². The third kappa shape index (κ3) is 7.81. The van der Waals surface area contributed by atoms with Crippen molar-refractivity contribution in [1.29, 1.82) is 0 Å². The highest BCUT2D eigenvalue weighted by atomic mass is 19.1. The van der Waals surface area contributed by atoms with Crippen LogP contribution in [0.3, 0.4) is 0 Å². The molecule has 5 nitrogen and oxygen atoms in total. The van der Waals surface area contributed by atoms with Crippen LogP contribution < -0.4 is 19.1 Å². The first-order valence-electron chi connectivity index (χ1n) is 17.7. The smallest absolute Gasteiger partial charge is 0.169 e. The highest BCUT2D eigenvalue weighted by Gasteiger charge is 2.37. The molecular formula is C44H45FN2O3. The summed E-state index contributed by atoms with van der Waals surface area (Å²) in [7, 11) is 0. The summed E-state index contributed by atoms with van der Waals surface area (Å²) in [6.07, 6.45) is 7.87. The number of fused-ring (bicyclic) bond motifs is 1. The zero-order valence-electron chi connectivity index (χ0n) is 28.9. The van der Waals surface area contributed by atoms with Gasteiger partial charge in [-0.1, -0.05) is 91.9 Å². The number of rotatable bonds is 12. The van der Waals surface area contributed by atoms with Crippen LogP contribution in [0.1, 0.15) is 72.9 Å². The maximum atomic E-state index is 15.7. The van der Waals surface area contributed by atoms with Crippen LogP contribution in [0.15, 0.2) is 134 Å². The zero-order valence-corrected chi connectivity index (χ0v) is 28.9. The topological polar surface area (TPSA) is 34.2 Å². The van der Waals surface area contributed by atoms with Crippen LogP contribution in [0.4, 0.5) is 10.1 Å². The molecule has 5 aromatic rings. The molecule has 0 aromatic heterocycles. The molecular weight excluding hydrogens is 623 g/mol. The minimum absolute atomic E-state index is 0.0428. The lowest BCUT2D eigenvalue weighted by Gasteiger charge is -2.31. The van der Waals surface area contributed by atoms with E-state index in [-0.39, 0.29) is 29.8 Å². The van der Waals surface area contributed by atoms with Gasteiger partial charge in [0.25, 0.3) is 0 Å². The molecule has 0 radical (unpaired) electrons. The van der Waals surface area contributed by atoms with Gasteiger partial charge in [0.2, 0.25) is 0 Å². The highest BCUT2D eigenvalue weighted by Crippen LogP contribution is 2.51. The maximum Gasteiger partial charge on any atom is 0.169 e. The van der Waals surface area contributed by atoms with Crippen molar-refractivity contribution in [3.8, 4) is 17.2 Å². The van der Waals surface area contributed by atoms with E-state index in [0.717, 1.165) is 52.4 Å². The first-order chi connectivity index (χ1) is 24.5. The fourth-order valence-corrected chi connectivity index (χ4v) is 7.06. The van der Waals surface area contributed by atoms with E-state index < -0.39 is 0 Å². The predicted molar refractivity (Wildman–Crippen MR) is 198 cm³/mol. The minimum Gasteiger partial charge on any atom is -0.489 e. The van der Waals surface area contributed by atoms with Gasteiger partial charge in [-0.15, -0.1) is 0 Å². The molecule has 0 fully saturated rings. The van der Waals surface area contributed by atoms with Crippen LogP contribution in [-0.2, 0) is 19.8 Å². The fourth-order valence-electron chi connectivity index (χ4n) is 7.06. The Morgan fingerprint density at radius 1 is 0.740 bits per heavy atom. The van der Waals surface area contributed by atoms with E-state index in [1.165, 1.54) is 18.4 Å². The average Bonchev–Trinajstić information content (AvgIpc) is 3.29. The number of hydrogen-bond donors (Lipinski definition) is 0.